The van der Waals surface area contributed by atoms with Crippen molar-refractivity contribution in [1.29, 1.82) is 0 Å². The predicted octanol–water partition coefficient (Wildman–Crippen LogP) is 5.12. The van der Waals surface area contributed by atoms with E-state index in [2.05, 4.69) is 15.9 Å². The largest absolute Gasteiger partial charge is 0.457 e. The Morgan fingerprint density at radius 3 is 2.71 bits per heavy atom. The van der Waals surface area contributed by atoms with Crippen LogP contribution >= 0.6 is 27.5 Å². The minimum atomic E-state index is -0.329. The second-order valence-corrected chi connectivity index (χ2v) is 4.63. The molecule has 88 valence electrons. The Bertz CT molecular complexity index is 531. The molecule has 0 atom stereocenters. The van der Waals surface area contributed by atoms with Crippen LogP contribution in [0, 0.1) is 5.82 Å². The molecule has 0 amide bonds. The zero-order valence-electron chi connectivity index (χ0n) is 8.79. The zero-order chi connectivity index (χ0) is 12.3. The first-order valence-corrected chi connectivity index (χ1v) is 6.29. The second-order valence-electron chi connectivity index (χ2n) is 3.45. The third-order valence-corrected chi connectivity index (χ3v) is 2.98. The summed E-state index contributed by atoms with van der Waals surface area (Å²) in [6, 6.07) is 11.6. The number of halogens is 3. The SMILES string of the molecule is Fc1cccc(Oc2cc(Br)ccc2CCl)c1. The van der Waals surface area contributed by atoms with Crippen LogP contribution in [0.5, 0.6) is 11.5 Å². The summed E-state index contributed by atoms with van der Waals surface area (Å²) in [4.78, 5) is 0. The summed E-state index contributed by atoms with van der Waals surface area (Å²) < 4.78 is 19.5. The molecule has 0 spiro atoms. The fourth-order valence-electron chi connectivity index (χ4n) is 1.39. The summed E-state index contributed by atoms with van der Waals surface area (Å²) in [5.41, 5.74) is 0.860. The number of hydrogen-bond acceptors (Lipinski definition) is 1. The summed E-state index contributed by atoms with van der Waals surface area (Å²) >= 11 is 9.17. The fraction of sp³-hybridized carbons (Fsp3) is 0.0769. The van der Waals surface area contributed by atoms with Crippen molar-refractivity contribution in [2.75, 3.05) is 0 Å². The third-order valence-electron chi connectivity index (χ3n) is 2.20. The van der Waals surface area contributed by atoms with E-state index in [4.69, 9.17) is 16.3 Å². The Kier molecular flexibility index (Phi) is 4.02. The Hall–Kier alpha value is -1.06. The molecule has 2 rings (SSSR count). The molecule has 0 aromatic heterocycles. The van der Waals surface area contributed by atoms with Gasteiger partial charge in [0.05, 0.1) is 5.88 Å². The van der Waals surface area contributed by atoms with Crippen LogP contribution in [0.15, 0.2) is 46.9 Å². The van der Waals surface area contributed by atoms with E-state index in [1.54, 1.807) is 12.1 Å². The smallest absolute Gasteiger partial charge is 0.132 e. The maximum Gasteiger partial charge on any atom is 0.132 e. The van der Waals surface area contributed by atoms with Gasteiger partial charge in [-0.2, -0.15) is 0 Å². The number of hydrogen-bond donors (Lipinski definition) is 0. The molecule has 0 bridgehead atoms. The van der Waals surface area contributed by atoms with Crippen LogP contribution in [0.1, 0.15) is 5.56 Å². The van der Waals surface area contributed by atoms with Gasteiger partial charge < -0.3 is 4.74 Å². The van der Waals surface area contributed by atoms with Gasteiger partial charge in [0.15, 0.2) is 0 Å². The van der Waals surface area contributed by atoms with Gasteiger partial charge in [0.1, 0.15) is 17.3 Å². The van der Waals surface area contributed by atoms with E-state index in [1.807, 2.05) is 18.2 Å². The molecule has 0 aliphatic heterocycles. The Morgan fingerprint density at radius 1 is 1.18 bits per heavy atom. The van der Waals surface area contributed by atoms with Crippen LogP contribution in [0.25, 0.3) is 0 Å². The molecule has 0 saturated carbocycles. The number of ether oxygens (including phenoxy) is 1. The number of rotatable bonds is 3. The third kappa shape index (κ3) is 3.20. The lowest BCUT2D eigenvalue weighted by atomic mass is 10.2. The Morgan fingerprint density at radius 2 is 2.00 bits per heavy atom. The summed E-state index contributed by atoms with van der Waals surface area (Å²) in [7, 11) is 0. The summed E-state index contributed by atoms with van der Waals surface area (Å²) in [6.45, 7) is 0. The molecule has 1 nitrogen and oxygen atoms in total. The van der Waals surface area contributed by atoms with Gasteiger partial charge in [-0.05, 0) is 24.3 Å². The topological polar surface area (TPSA) is 9.23 Å². The van der Waals surface area contributed by atoms with Gasteiger partial charge in [-0.3, -0.25) is 0 Å². The highest BCUT2D eigenvalue weighted by molar-refractivity contribution is 9.10. The van der Waals surface area contributed by atoms with Gasteiger partial charge in [-0.1, -0.05) is 28.1 Å². The van der Waals surface area contributed by atoms with Gasteiger partial charge in [-0.25, -0.2) is 4.39 Å². The van der Waals surface area contributed by atoms with Gasteiger partial charge in [-0.15, -0.1) is 11.6 Å². The molecule has 0 aliphatic rings. The van der Waals surface area contributed by atoms with Crippen LogP contribution in [-0.4, -0.2) is 0 Å². The molecular formula is C13H9BrClFO. The van der Waals surface area contributed by atoms with Crippen LogP contribution in [-0.2, 0) is 5.88 Å². The molecule has 0 N–H and O–H groups in total. The van der Waals surface area contributed by atoms with E-state index in [0.29, 0.717) is 17.4 Å². The molecule has 4 heteroatoms. The molecule has 0 unspecified atom stereocenters. The van der Waals surface area contributed by atoms with Crippen LogP contribution in [0.4, 0.5) is 4.39 Å². The van der Waals surface area contributed by atoms with Gasteiger partial charge in [0, 0.05) is 16.1 Å². The molecule has 0 aliphatic carbocycles. The van der Waals surface area contributed by atoms with Crippen molar-refractivity contribution < 1.29 is 9.13 Å². The van der Waals surface area contributed by atoms with Crippen molar-refractivity contribution in [3.05, 3.63) is 58.3 Å². The van der Waals surface area contributed by atoms with E-state index in [1.165, 1.54) is 12.1 Å². The highest BCUT2D eigenvalue weighted by atomic mass is 79.9. The molecule has 0 saturated heterocycles. The van der Waals surface area contributed by atoms with Gasteiger partial charge in [0.25, 0.3) is 0 Å². The van der Waals surface area contributed by atoms with E-state index >= 15 is 0 Å². The summed E-state index contributed by atoms with van der Waals surface area (Å²) in [5.74, 6) is 1.09. The first-order valence-electron chi connectivity index (χ1n) is 4.97. The fourth-order valence-corrected chi connectivity index (χ4v) is 1.95. The average Bonchev–Trinajstić information content (AvgIpc) is 2.29. The van der Waals surface area contributed by atoms with Crippen molar-refractivity contribution in [2.24, 2.45) is 0 Å². The second kappa shape index (κ2) is 5.52. The number of benzene rings is 2. The molecular weight excluding hydrogens is 306 g/mol. The normalized spacial score (nSPS) is 10.3. The van der Waals surface area contributed by atoms with Crippen molar-refractivity contribution >= 4 is 27.5 Å². The molecule has 2 aromatic carbocycles. The Labute approximate surface area is 112 Å². The standard InChI is InChI=1S/C13H9BrClFO/c14-10-5-4-9(8-15)13(6-10)17-12-3-1-2-11(16)7-12/h1-7H,8H2. The van der Waals surface area contributed by atoms with E-state index in [-0.39, 0.29) is 5.82 Å². The first-order chi connectivity index (χ1) is 8.19. The van der Waals surface area contributed by atoms with Crippen molar-refractivity contribution in [3.63, 3.8) is 0 Å². The van der Waals surface area contributed by atoms with E-state index < -0.39 is 0 Å². The molecule has 2 aromatic rings. The van der Waals surface area contributed by atoms with E-state index in [9.17, 15) is 4.39 Å². The molecule has 0 fully saturated rings. The monoisotopic (exact) mass is 314 g/mol. The minimum absolute atomic E-state index is 0.329. The zero-order valence-corrected chi connectivity index (χ0v) is 11.1. The van der Waals surface area contributed by atoms with Crippen LogP contribution in [0.3, 0.4) is 0 Å². The maximum atomic E-state index is 13.0. The number of alkyl halides is 1. The van der Waals surface area contributed by atoms with Gasteiger partial charge in [0.2, 0.25) is 0 Å². The van der Waals surface area contributed by atoms with E-state index in [0.717, 1.165) is 10.0 Å². The predicted molar refractivity (Wildman–Crippen MR) is 70.2 cm³/mol. The molecule has 17 heavy (non-hydrogen) atoms. The van der Waals surface area contributed by atoms with Crippen LogP contribution < -0.4 is 4.74 Å². The first kappa shape index (κ1) is 12.4. The lowest BCUT2D eigenvalue weighted by Crippen LogP contribution is -1.90. The summed E-state index contributed by atoms with van der Waals surface area (Å²) in [5, 5.41) is 0. The van der Waals surface area contributed by atoms with Crippen molar-refractivity contribution in [1.82, 2.24) is 0 Å². The van der Waals surface area contributed by atoms with Crippen LogP contribution in [0.2, 0.25) is 0 Å². The molecule has 0 heterocycles. The quantitative estimate of drug-likeness (QED) is 0.714. The van der Waals surface area contributed by atoms with Crippen molar-refractivity contribution in [3.8, 4) is 11.5 Å². The average molecular weight is 316 g/mol. The summed E-state index contributed by atoms with van der Waals surface area (Å²) in [6.07, 6.45) is 0. The highest BCUT2D eigenvalue weighted by Crippen LogP contribution is 2.29. The maximum absolute atomic E-state index is 13.0. The lowest BCUT2D eigenvalue weighted by molar-refractivity contribution is 0.472. The van der Waals surface area contributed by atoms with Crippen molar-refractivity contribution in [2.45, 2.75) is 5.88 Å². The minimum Gasteiger partial charge on any atom is -0.457 e. The molecule has 0 radical (unpaired) electrons. The highest BCUT2D eigenvalue weighted by Gasteiger charge is 2.05. The Balaban J connectivity index is 2.32. The lowest BCUT2D eigenvalue weighted by Gasteiger charge is -2.10. The van der Waals surface area contributed by atoms with Gasteiger partial charge >= 0.3 is 0 Å².